The molecule has 1 N–H and O–H groups in total. The van der Waals surface area contributed by atoms with Gasteiger partial charge in [0.05, 0.1) is 31.7 Å². The number of hydrogen-bond donors (Lipinski definition) is 1. The van der Waals surface area contributed by atoms with Gasteiger partial charge in [-0.3, -0.25) is 23.5 Å². The lowest BCUT2D eigenvalue weighted by atomic mass is 10.0. The molecule has 0 saturated carbocycles. The summed E-state index contributed by atoms with van der Waals surface area (Å²) in [6.07, 6.45) is 2.81. The number of benzene rings is 2. The van der Waals surface area contributed by atoms with Crippen LogP contribution in [-0.2, 0) is 17.9 Å². The van der Waals surface area contributed by atoms with Gasteiger partial charge in [-0.05, 0) is 48.9 Å². The van der Waals surface area contributed by atoms with E-state index in [1.165, 1.54) is 24.9 Å². The van der Waals surface area contributed by atoms with Gasteiger partial charge in [0.25, 0.3) is 11.5 Å². The van der Waals surface area contributed by atoms with E-state index >= 15 is 0 Å². The summed E-state index contributed by atoms with van der Waals surface area (Å²) < 4.78 is 13.3. The van der Waals surface area contributed by atoms with Crippen molar-refractivity contribution >= 4 is 22.7 Å². The fourth-order valence-electron chi connectivity index (χ4n) is 4.97. The van der Waals surface area contributed by atoms with Crippen LogP contribution in [0.2, 0.25) is 0 Å². The zero-order chi connectivity index (χ0) is 28.1. The molecule has 1 fully saturated rings. The molecular formula is C29H36N4O6. The van der Waals surface area contributed by atoms with Crippen molar-refractivity contribution in [1.82, 2.24) is 19.4 Å². The van der Waals surface area contributed by atoms with Crippen LogP contribution in [0.3, 0.4) is 0 Å². The van der Waals surface area contributed by atoms with Crippen molar-refractivity contribution in [2.45, 2.75) is 46.2 Å². The van der Waals surface area contributed by atoms with Crippen LogP contribution in [-0.4, -0.2) is 59.7 Å². The molecule has 3 aromatic rings. The smallest absolute Gasteiger partial charge is 0.332 e. The molecule has 4 rings (SSSR count). The van der Waals surface area contributed by atoms with Gasteiger partial charge in [-0.1, -0.05) is 26.0 Å². The Morgan fingerprint density at radius 3 is 2.36 bits per heavy atom. The topological polar surface area (TPSA) is 112 Å². The molecule has 1 aromatic heterocycles. The number of methoxy groups -OCH3 is 2. The molecule has 2 aromatic carbocycles. The van der Waals surface area contributed by atoms with Crippen molar-refractivity contribution in [2.75, 3.05) is 33.9 Å². The van der Waals surface area contributed by atoms with E-state index in [0.29, 0.717) is 53.7 Å². The molecule has 0 aliphatic carbocycles. The molecule has 1 atom stereocenters. The number of ether oxygens (including phenoxy) is 2. The van der Waals surface area contributed by atoms with E-state index in [1.54, 1.807) is 35.2 Å². The third-order valence-corrected chi connectivity index (χ3v) is 7.13. The highest BCUT2D eigenvalue weighted by molar-refractivity contribution is 5.94. The highest BCUT2D eigenvalue weighted by atomic mass is 16.5. The van der Waals surface area contributed by atoms with E-state index in [4.69, 9.17) is 9.47 Å². The van der Waals surface area contributed by atoms with E-state index in [9.17, 15) is 19.2 Å². The number of rotatable bonds is 9. The molecule has 0 bridgehead atoms. The normalized spacial score (nSPS) is 15.3. The molecule has 0 radical (unpaired) electrons. The number of fused-ring (bicyclic) bond motifs is 1. The second kappa shape index (κ2) is 12.2. The number of likely N-dealkylation sites (tertiary alicyclic amines) is 1. The van der Waals surface area contributed by atoms with Gasteiger partial charge >= 0.3 is 5.69 Å². The number of nitrogens with one attached hydrogen (secondary N) is 1. The molecule has 1 aliphatic rings. The third-order valence-electron chi connectivity index (χ3n) is 7.13. The second-order valence-electron chi connectivity index (χ2n) is 10.0. The molecule has 10 nitrogen and oxygen atoms in total. The number of piperidine rings is 1. The van der Waals surface area contributed by atoms with Crippen LogP contribution in [0.4, 0.5) is 0 Å². The van der Waals surface area contributed by atoms with Gasteiger partial charge in [0, 0.05) is 31.3 Å². The molecule has 0 unspecified atom stereocenters. The molecule has 2 heterocycles. The zero-order valence-electron chi connectivity index (χ0n) is 23.0. The van der Waals surface area contributed by atoms with Gasteiger partial charge in [-0.15, -0.1) is 0 Å². The third kappa shape index (κ3) is 6.00. The lowest BCUT2D eigenvalue weighted by Gasteiger charge is -2.31. The van der Waals surface area contributed by atoms with E-state index < -0.39 is 11.2 Å². The molecular weight excluding hydrogens is 500 g/mol. The minimum atomic E-state index is -0.595. The number of carbonyl (C=O) groups is 2. The lowest BCUT2D eigenvalue weighted by Crippen LogP contribution is -2.45. The Kier molecular flexibility index (Phi) is 8.73. The van der Waals surface area contributed by atoms with Crippen LogP contribution in [0, 0.1) is 5.92 Å². The Hall–Kier alpha value is -4.08. The maximum Gasteiger partial charge on any atom is 0.332 e. The summed E-state index contributed by atoms with van der Waals surface area (Å²) in [7, 11) is 2.94. The zero-order valence-corrected chi connectivity index (χ0v) is 23.0. The van der Waals surface area contributed by atoms with Crippen molar-refractivity contribution in [1.29, 1.82) is 0 Å². The van der Waals surface area contributed by atoms with Crippen LogP contribution < -0.4 is 26.0 Å². The Balaban J connectivity index is 1.77. The Bertz CT molecular complexity index is 1470. The standard InChI is InChI=1S/C29H36N4O6/c1-5-12-30-27(35)21-10-8-20(9-11-21)17-33-28(36)22-14-24(38-3)25(39-4)15-23(22)32(29(33)37)18-26(34)31-13-6-7-19(2)16-31/h8-11,14-15,19H,5-7,12-13,16-18H2,1-4H3,(H,30,35)/t19-/m0/s1. The van der Waals surface area contributed by atoms with Crippen LogP contribution in [0.5, 0.6) is 11.5 Å². The van der Waals surface area contributed by atoms with Gasteiger partial charge in [-0.2, -0.15) is 0 Å². The SMILES string of the molecule is CCCNC(=O)c1ccc(Cn2c(=O)c3cc(OC)c(OC)cc3n(CC(=O)N3CCC[C@H](C)C3)c2=O)cc1. The summed E-state index contributed by atoms with van der Waals surface area (Å²) in [6, 6.07) is 9.88. The largest absolute Gasteiger partial charge is 0.493 e. The van der Waals surface area contributed by atoms with Crippen LogP contribution in [0.1, 0.15) is 49.0 Å². The monoisotopic (exact) mass is 536 g/mol. The quantitative estimate of drug-likeness (QED) is 0.450. The van der Waals surface area contributed by atoms with Gasteiger partial charge in [0.15, 0.2) is 11.5 Å². The van der Waals surface area contributed by atoms with Crippen LogP contribution in [0.25, 0.3) is 10.9 Å². The first-order valence-corrected chi connectivity index (χ1v) is 13.3. The van der Waals surface area contributed by atoms with Crippen LogP contribution >= 0.6 is 0 Å². The maximum absolute atomic E-state index is 13.8. The number of carbonyl (C=O) groups excluding carboxylic acids is 2. The number of amides is 2. The molecule has 1 aliphatic heterocycles. The fraction of sp³-hybridized carbons (Fsp3) is 0.448. The second-order valence-corrected chi connectivity index (χ2v) is 10.0. The van der Waals surface area contributed by atoms with E-state index in [-0.39, 0.29) is 30.3 Å². The minimum absolute atomic E-state index is 0.0201. The lowest BCUT2D eigenvalue weighted by molar-refractivity contribution is -0.133. The van der Waals surface area contributed by atoms with Crippen molar-refractivity contribution in [2.24, 2.45) is 5.92 Å². The summed E-state index contributed by atoms with van der Waals surface area (Å²) >= 11 is 0. The summed E-state index contributed by atoms with van der Waals surface area (Å²) in [6.45, 7) is 5.73. The first-order valence-electron chi connectivity index (χ1n) is 13.3. The predicted octanol–water partition coefficient (Wildman–Crippen LogP) is 2.63. The van der Waals surface area contributed by atoms with Gasteiger partial charge in [0.2, 0.25) is 5.91 Å². The van der Waals surface area contributed by atoms with E-state index in [2.05, 4.69) is 12.2 Å². The minimum Gasteiger partial charge on any atom is -0.493 e. The number of nitrogens with zero attached hydrogens (tertiary/aromatic N) is 3. The summed E-state index contributed by atoms with van der Waals surface area (Å²) in [4.78, 5) is 54.7. The van der Waals surface area contributed by atoms with Crippen molar-refractivity contribution < 1.29 is 19.1 Å². The molecule has 0 spiro atoms. The number of hydrogen-bond acceptors (Lipinski definition) is 6. The summed E-state index contributed by atoms with van der Waals surface area (Å²) in [5.74, 6) is 0.734. The van der Waals surface area contributed by atoms with Crippen molar-refractivity contribution in [3.05, 3.63) is 68.4 Å². The van der Waals surface area contributed by atoms with Crippen molar-refractivity contribution in [3.8, 4) is 11.5 Å². The Morgan fingerprint density at radius 2 is 1.72 bits per heavy atom. The highest BCUT2D eigenvalue weighted by Crippen LogP contribution is 2.30. The Labute approximate surface area is 227 Å². The predicted molar refractivity (Wildman–Crippen MR) is 149 cm³/mol. The summed E-state index contributed by atoms with van der Waals surface area (Å²) in [5.41, 5.74) is 0.372. The molecule has 39 heavy (non-hydrogen) atoms. The molecule has 1 saturated heterocycles. The van der Waals surface area contributed by atoms with Gasteiger partial charge in [-0.25, -0.2) is 4.79 Å². The summed E-state index contributed by atoms with van der Waals surface area (Å²) in [5, 5.41) is 3.06. The molecule has 10 heteroatoms. The van der Waals surface area contributed by atoms with Crippen molar-refractivity contribution in [3.63, 3.8) is 0 Å². The van der Waals surface area contributed by atoms with Crippen LogP contribution in [0.15, 0.2) is 46.0 Å². The van der Waals surface area contributed by atoms with Gasteiger partial charge < -0.3 is 19.7 Å². The average Bonchev–Trinajstić information content (AvgIpc) is 2.95. The molecule has 208 valence electrons. The Morgan fingerprint density at radius 1 is 1.03 bits per heavy atom. The van der Waals surface area contributed by atoms with Gasteiger partial charge in [0.1, 0.15) is 6.54 Å². The fourth-order valence-corrected chi connectivity index (χ4v) is 4.97. The molecule has 2 amide bonds. The first-order chi connectivity index (χ1) is 18.8. The highest BCUT2D eigenvalue weighted by Gasteiger charge is 2.24. The first kappa shape index (κ1) is 27.9. The van der Waals surface area contributed by atoms with E-state index in [0.717, 1.165) is 23.8 Å². The maximum atomic E-state index is 13.8. The number of aromatic nitrogens is 2. The average molecular weight is 537 g/mol. The van der Waals surface area contributed by atoms with E-state index in [1.807, 2.05) is 6.92 Å².